The summed E-state index contributed by atoms with van der Waals surface area (Å²) in [6, 6.07) is 3.79. The van der Waals surface area contributed by atoms with E-state index in [1.54, 1.807) is 18.9 Å². The van der Waals surface area contributed by atoms with Crippen molar-refractivity contribution in [3.8, 4) is 11.5 Å². The molecule has 114 valence electrons. The van der Waals surface area contributed by atoms with Crippen LogP contribution in [0.15, 0.2) is 22.8 Å². The molecule has 0 fully saturated rings. The van der Waals surface area contributed by atoms with Crippen molar-refractivity contribution in [2.45, 2.75) is 25.9 Å². The van der Waals surface area contributed by atoms with Crippen molar-refractivity contribution in [2.24, 2.45) is 5.73 Å². The zero-order chi connectivity index (χ0) is 15.6. The lowest BCUT2D eigenvalue weighted by molar-refractivity contribution is 0.394. The van der Waals surface area contributed by atoms with E-state index in [1.165, 1.54) is 0 Å². The Balaban J connectivity index is 2.32. The van der Waals surface area contributed by atoms with Gasteiger partial charge in [0.25, 0.3) is 0 Å². The van der Waals surface area contributed by atoms with Crippen LogP contribution in [0.4, 0.5) is 0 Å². The summed E-state index contributed by atoms with van der Waals surface area (Å²) in [5.74, 6) is 1.50. The van der Waals surface area contributed by atoms with Gasteiger partial charge < -0.3 is 15.2 Å². The first-order valence-electron chi connectivity index (χ1n) is 6.45. The summed E-state index contributed by atoms with van der Waals surface area (Å²) in [6.45, 7) is 4.31. The van der Waals surface area contributed by atoms with Crippen molar-refractivity contribution in [1.29, 1.82) is 0 Å². The summed E-state index contributed by atoms with van der Waals surface area (Å²) in [6.07, 6.45) is 1.84. The first kappa shape index (κ1) is 15.8. The van der Waals surface area contributed by atoms with Gasteiger partial charge in [-0.15, -0.1) is 5.10 Å². The van der Waals surface area contributed by atoms with Crippen LogP contribution in [0.25, 0.3) is 0 Å². The minimum atomic E-state index is -0.514. The molecule has 1 aromatic heterocycles. The summed E-state index contributed by atoms with van der Waals surface area (Å²) in [5, 5.41) is 8.22. The molecule has 0 atom stereocenters. The number of ether oxygens (including phenoxy) is 2. The van der Waals surface area contributed by atoms with Crippen LogP contribution in [-0.4, -0.2) is 29.2 Å². The van der Waals surface area contributed by atoms with E-state index in [9.17, 15) is 0 Å². The fourth-order valence-corrected chi connectivity index (χ4v) is 2.38. The second kappa shape index (κ2) is 6.03. The van der Waals surface area contributed by atoms with Crippen molar-refractivity contribution >= 4 is 15.9 Å². The molecule has 2 aromatic rings. The van der Waals surface area contributed by atoms with Gasteiger partial charge in [-0.2, -0.15) is 0 Å². The van der Waals surface area contributed by atoms with Crippen molar-refractivity contribution in [2.75, 3.05) is 14.2 Å². The third-order valence-electron chi connectivity index (χ3n) is 3.09. The van der Waals surface area contributed by atoms with Gasteiger partial charge in [0, 0.05) is 5.56 Å². The van der Waals surface area contributed by atoms with Gasteiger partial charge in [-0.25, -0.2) is 4.68 Å². The number of benzene rings is 1. The molecule has 7 heteroatoms. The van der Waals surface area contributed by atoms with E-state index in [-0.39, 0.29) is 0 Å². The van der Waals surface area contributed by atoms with E-state index in [1.807, 2.05) is 32.2 Å². The summed E-state index contributed by atoms with van der Waals surface area (Å²) in [5.41, 5.74) is 7.19. The van der Waals surface area contributed by atoms with Crippen LogP contribution in [0.5, 0.6) is 11.5 Å². The maximum atomic E-state index is 6.02. The van der Waals surface area contributed by atoms with Crippen LogP contribution in [-0.2, 0) is 12.1 Å². The molecule has 1 aromatic carbocycles. The summed E-state index contributed by atoms with van der Waals surface area (Å²) in [7, 11) is 3.26. The molecule has 2 N–H and O–H groups in total. The SMILES string of the molecule is COc1cc(Cn2cc(C(C)(C)N)nn2)c(OC)cc1Br. The van der Waals surface area contributed by atoms with Gasteiger partial charge in [-0.1, -0.05) is 5.21 Å². The topological polar surface area (TPSA) is 75.2 Å². The fourth-order valence-electron chi connectivity index (χ4n) is 1.89. The maximum Gasteiger partial charge on any atom is 0.133 e. The highest BCUT2D eigenvalue weighted by molar-refractivity contribution is 9.10. The quantitative estimate of drug-likeness (QED) is 0.891. The Morgan fingerprint density at radius 3 is 2.43 bits per heavy atom. The van der Waals surface area contributed by atoms with Crippen LogP contribution in [0, 0.1) is 0 Å². The molecule has 0 saturated carbocycles. The lowest BCUT2D eigenvalue weighted by Crippen LogP contribution is -2.29. The van der Waals surface area contributed by atoms with Gasteiger partial charge in [0.05, 0.1) is 37.0 Å². The van der Waals surface area contributed by atoms with Crippen LogP contribution in [0.2, 0.25) is 0 Å². The first-order valence-corrected chi connectivity index (χ1v) is 7.24. The number of methoxy groups -OCH3 is 2. The van der Waals surface area contributed by atoms with Crippen molar-refractivity contribution in [3.05, 3.63) is 34.1 Å². The van der Waals surface area contributed by atoms with Crippen molar-refractivity contribution < 1.29 is 9.47 Å². The maximum absolute atomic E-state index is 6.02. The number of rotatable bonds is 5. The largest absolute Gasteiger partial charge is 0.496 e. The Morgan fingerprint density at radius 1 is 1.24 bits per heavy atom. The second-order valence-electron chi connectivity index (χ2n) is 5.32. The molecule has 0 unspecified atom stereocenters. The van der Waals surface area contributed by atoms with Crippen molar-refractivity contribution in [3.63, 3.8) is 0 Å². The third-order valence-corrected chi connectivity index (χ3v) is 3.71. The minimum absolute atomic E-state index is 0.514. The molecular formula is C14H19BrN4O2. The number of hydrogen-bond acceptors (Lipinski definition) is 5. The van der Waals surface area contributed by atoms with Gasteiger partial charge in [0.2, 0.25) is 0 Å². The molecule has 0 aliphatic rings. The van der Waals surface area contributed by atoms with E-state index in [0.29, 0.717) is 6.54 Å². The molecule has 0 bridgehead atoms. The Hall–Kier alpha value is -1.60. The van der Waals surface area contributed by atoms with E-state index in [2.05, 4.69) is 26.2 Å². The zero-order valence-corrected chi connectivity index (χ0v) is 14.1. The van der Waals surface area contributed by atoms with Gasteiger partial charge in [-0.3, -0.25) is 0 Å². The van der Waals surface area contributed by atoms with Gasteiger partial charge in [-0.05, 0) is 41.9 Å². The Labute approximate surface area is 132 Å². The Kier molecular flexibility index (Phi) is 4.53. The lowest BCUT2D eigenvalue weighted by Gasteiger charge is -2.14. The van der Waals surface area contributed by atoms with Crippen LogP contribution in [0.3, 0.4) is 0 Å². The monoisotopic (exact) mass is 354 g/mol. The molecule has 0 aliphatic carbocycles. The van der Waals surface area contributed by atoms with E-state index in [0.717, 1.165) is 27.2 Å². The highest BCUT2D eigenvalue weighted by Gasteiger charge is 2.19. The standard InChI is InChI=1S/C14H19BrN4O2/c1-14(2,16)13-8-19(18-17-13)7-9-5-12(21-4)10(15)6-11(9)20-3/h5-6,8H,7,16H2,1-4H3. The number of halogens is 1. The predicted molar refractivity (Wildman–Crippen MR) is 83.6 cm³/mol. The first-order chi connectivity index (χ1) is 9.85. The van der Waals surface area contributed by atoms with Gasteiger partial charge >= 0.3 is 0 Å². The summed E-state index contributed by atoms with van der Waals surface area (Å²) in [4.78, 5) is 0. The van der Waals surface area contributed by atoms with E-state index >= 15 is 0 Å². The third kappa shape index (κ3) is 3.54. The minimum Gasteiger partial charge on any atom is -0.496 e. The molecule has 21 heavy (non-hydrogen) atoms. The Morgan fingerprint density at radius 2 is 1.90 bits per heavy atom. The average molecular weight is 355 g/mol. The highest BCUT2D eigenvalue weighted by atomic mass is 79.9. The smallest absolute Gasteiger partial charge is 0.133 e. The van der Waals surface area contributed by atoms with Crippen LogP contribution in [0.1, 0.15) is 25.1 Å². The van der Waals surface area contributed by atoms with E-state index in [4.69, 9.17) is 15.2 Å². The van der Waals surface area contributed by atoms with Crippen LogP contribution < -0.4 is 15.2 Å². The van der Waals surface area contributed by atoms with Gasteiger partial charge in [0.1, 0.15) is 17.2 Å². The average Bonchev–Trinajstić information content (AvgIpc) is 2.88. The number of aromatic nitrogens is 3. The summed E-state index contributed by atoms with van der Waals surface area (Å²) < 4.78 is 13.3. The number of nitrogens with zero attached hydrogens (tertiary/aromatic N) is 3. The fraction of sp³-hybridized carbons (Fsp3) is 0.429. The van der Waals surface area contributed by atoms with Crippen molar-refractivity contribution in [1.82, 2.24) is 15.0 Å². The molecule has 2 rings (SSSR count). The molecule has 6 nitrogen and oxygen atoms in total. The molecule has 0 spiro atoms. The second-order valence-corrected chi connectivity index (χ2v) is 6.18. The van der Waals surface area contributed by atoms with Gasteiger partial charge in [0.15, 0.2) is 0 Å². The van der Waals surface area contributed by atoms with E-state index < -0.39 is 5.54 Å². The van der Waals surface area contributed by atoms with Crippen LogP contribution >= 0.6 is 15.9 Å². The Bertz CT molecular complexity index is 634. The lowest BCUT2D eigenvalue weighted by atomic mass is 10.0. The molecule has 0 aliphatic heterocycles. The zero-order valence-electron chi connectivity index (χ0n) is 12.6. The summed E-state index contributed by atoms with van der Waals surface area (Å²) >= 11 is 3.44. The molecular weight excluding hydrogens is 336 g/mol. The molecule has 0 radical (unpaired) electrons. The molecule has 1 heterocycles. The number of nitrogens with two attached hydrogens (primary N) is 1. The molecule has 0 saturated heterocycles. The predicted octanol–water partition coefficient (Wildman–Crippen LogP) is 2.30. The number of hydrogen-bond donors (Lipinski definition) is 1. The normalized spacial score (nSPS) is 11.5. The molecule has 0 amide bonds. The highest BCUT2D eigenvalue weighted by Crippen LogP contribution is 2.33.